The molecule has 0 saturated carbocycles. The Hall–Kier alpha value is -3.49. The van der Waals surface area contributed by atoms with E-state index in [1.807, 2.05) is 13.0 Å². The highest BCUT2D eigenvalue weighted by Crippen LogP contribution is 2.23. The lowest BCUT2D eigenvalue weighted by Gasteiger charge is -2.08. The van der Waals surface area contributed by atoms with Crippen LogP contribution in [0.25, 0.3) is 0 Å². The fraction of sp³-hybridized carbons (Fsp3) is 0.0435. The van der Waals surface area contributed by atoms with E-state index in [2.05, 4.69) is 31.8 Å². The summed E-state index contributed by atoms with van der Waals surface area (Å²) < 4.78 is 6.14. The van der Waals surface area contributed by atoms with E-state index in [1.54, 1.807) is 60.7 Å². The van der Waals surface area contributed by atoms with Gasteiger partial charge >= 0.3 is 17.8 Å². The van der Waals surface area contributed by atoms with Gasteiger partial charge in [0.25, 0.3) is 0 Å². The van der Waals surface area contributed by atoms with Gasteiger partial charge in [0, 0.05) is 20.7 Å². The third-order valence-corrected chi connectivity index (χ3v) is 4.85. The number of hydrogen-bond acceptors (Lipinski definition) is 5. The number of aryl methyl sites for hydroxylation is 1. The molecule has 162 valence electrons. The van der Waals surface area contributed by atoms with Crippen molar-refractivity contribution < 1.29 is 19.1 Å². The van der Waals surface area contributed by atoms with Crippen LogP contribution in [-0.2, 0) is 9.59 Å². The summed E-state index contributed by atoms with van der Waals surface area (Å²) in [5.41, 5.74) is 4.32. The molecule has 0 bridgehead atoms. The number of hydrogen-bond donors (Lipinski definition) is 2. The molecule has 0 aliphatic heterocycles. The summed E-state index contributed by atoms with van der Waals surface area (Å²) in [5, 5.41) is 6.79. The molecule has 0 aliphatic carbocycles. The van der Waals surface area contributed by atoms with E-state index in [1.165, 1.54) is 6.21 Å². The topological polar surface area (TPSA) is 96.9 Å². The molecule has 0 fully saturated rings. The molecule has 3 aromatic carbocycles. The quantitative estimate of drug-likeness (QED) is 0.169. The lowest BCUT2D eigenvalue weighted by Crippen LogP contribution is -2.32. The first-order chi connectivity index (χ1) is 15.3. The Morgan fingerprint density at radius 3 is 2.47 bits per heavy atom. The predicted molar refractivity (Wildman–Crippen MR) is 126 cm³/mol. The van der Waals surface area contributed by atoms with E-state index < -0.39 is 17.8 Å². The fourth-order valence-corrected chi connectivity index (χ4v) is 3.08. The number of nitrogens with zero attached hydrogens (tertiary/aromatic N) is 1. The van der Waals surface area contributed by atoms with Crippen molar-refractivity contribution in [2.45, 2.75) is 6.92 Å². The molecule has 3 rings (SSSR count). The highest BCUT2D eigenvalue weighted by Gasteiger charge is 2.14. The van der Waals surface area contributed by atoms with Gasteiger partial charge in [-0.2, -0.15) is 5.10 Å². The van der Waals surface area contributed by atoms with Crippen molar-refractivity contribution in [1.82, 2.24) is 5.43 Å². The van der Waals surface area contributed by atoms with Crippen molar-refractivity contribution in [3.05, 3.63) is 92.9 Å². The smallest absolute Gasteiger partial charge is 0.343 e. The van der Waals surface area contributed by atoms with Gasteiger partial charge in [0.2, 0.25) is 0 Å². The Labute approximate surface area is 197 Å². The number of benzene rings is 3. The maximum atomic E-state index is 12.4. The molecule has 0 spiro atoms. The van der Waals surface area contributed by atoms with E-state index in [0.717, 1.165) is 5.56 Å². The van der Waals surface area contributed by atoms with Crippen LogP contribution < -0.4 is 15.5 Å². The molecular formula is C23H17BrClN3O4. The standard InChI is InChI=1S/C23H17BrClN3O4/c1-14-3-2-4-19(11-14)27-21(29)22(30)28-26-13-16-12-17(24)7-10-20(16)32-23(31)15-5-8-18(25)9-6-15/h2-13H,1H3,(H,27,29)(H,28,30)/b26-13-. The van der Waals surface area contributed by atoms with Crippen LogP contribution in [0.5, 0.6) is 5.75 Å². The lowest BCUT2D eigenvalue weighted by molar-refractivity contribution is -0.136. The second-order valence-electron chi connectivity index (χ2n) is 6.60. The minimum atomic E-state index is -0.947. The SMILES string of the molecule is Cc1cccc(NC(=O)C(=O)N/N=C\c2cc(Br)ccc2OC(=O)c2ccc(Cl)cc2)c1. The number of hydrazone groups is 1. The zero-order chi connectivity index (χ0) is 23.1. The Bertz CT molecular complexity index is 1200. The molecule has 2 N–H and O–H groups in total. The van der Waals surface area contributed by atoms with Crippen LogP contribution in [0.15, 0.2) is 76.3 Å². The van der Waals surface area contributed by atoms with Crippen molar-refractivity contribution in [3.8, 4) is 5.75 Å². The van der Waals surface area contributed by atoms with Gasteiger partial charge in [0.1, 0.15) is 5.75 Å². The zero-order valence-corrected chi connectivity index (χ0v) is 19.1. The molecule has 0 unspecified atom stereocenters. The average molecular weight is 515 g/mol. The lowest BCUT2D eigenvalue weighted by atomic mass is 10.2. The van der Waals surface area contributed by atoms with Crippen LogP contribution >= 0.6 is 27.5 Å². The third kappa shape index (κ3) is 6.50. The van der Waals surface area contributed by atoms with Gasteiger partial charge in [0.05, 0.1) is 11.8 Å². The van der Waals surface area contributed by atoms with Crippen LogP contribution in [0, 0.1) is 6.92 Å². The largest absolute Gasteiger partial charge is 0.422 e. The normalized spacial score (nSPS) is 10.6. The van der Waals surface area contributed by atoms with Crippen molar-refractivity contribution >= 4 is 57.2 Å². The molecular weight excluding hydrogens is 498 g/mol. The van der Waals surface area contributed by atoms with Gasteiger partial charge in [-0.1, -0.05) is 39.7 Å². The monoisotopic (exact) mass is 513 g/mol. The van der Waals surface area contributed by atoms with Crippen LogP contribution in [0.2, 0.25) is 5.02 Å². The van der Waals surface area contributed by atoms with Gasteiger partial charge in [-0.3, -0.25) is 9.59 Å². The number of rotatable bonds is 5. The second kappa shape index (κ2) is 10.7. The van der Waals surface area contributed by atoms with Crippen molar-refractivity contribution in [1.29, 1.82) is 0 Å². The molecule has 0 atom stereocenters. The molecule has 32 heavy (non-hydrogen) atoms. The van der Waals surface area contributed by atoms with Gasteiger partial charge < -0.3 is 10.1 Å². The Morgan fingerprint density at radius 2 is 1.75 bits per heavy atom. The minimum Gasteiger partial charge on any atom is -0.422 e. The number of halogens is 2. The van der Waals surface area contributed by atoms with E-state index in [9.17, 15) is 14.4 Å². The fourth-order valence-electron chi connectivity index (χ4n) is 2.58. The Morgan fingerprint density at radius 1 is 1.00 bits per heavy atom. The summed E-state index contributed by atoms with van der Waals surface area (Å²) in [5.74, 6) is -2.18. The first kappa shape index (κ1) is 23.2. The summed E-state index contributed by atoms with van der Waals surface area (Å²) in [6.07, 6.45) is 1.27. The molecule has 9 heteroatoms. The maximum absolute atomic E-state index is 12.4. The first-order valence-electron chi connectivity index (χ1n) is 9.30. The zero-order valence-electron chi connectivity index (χ0n) is 16.8. The summed E-state index contributed by atoms with van der Waals surface area (Å²) in [7, 11) is 0. The number of amides is 2. The van der Waals surface area contributed by atoms with E-state index in [4.69, 9.17) is 16.3 Å². The average Bonchev–Trinajstić information content (AvgIpc) is 2.75. The molecule has 7 nitrogen and oxygen atoms in total. The van der Waals surface area contributed by atoms with Crippen LogP contribution in [0.4, 0.5) is 5.69 Å². The highest BCUT2D eigenvalue weighted by atomic mass is 79.9. The summed E-state index contributed by atoms with van der Waals surface area (Å²) in [6, 6.07) is 18.2. The van der Waals surface area contributed by atoms with Crippen molar-refractivity contribution in [3.63, 3.8) is 0 Å². The van der Waals surface area contributed by atoms with Gasteiger partial charge in [0.15, 0.2) is 0 Å². The number of carbonyl (C=O) groups is 3. The van der Waals surface area contributed by atoms with Crippen LogP contribution in [0.1, 0.15) is 21.5 Å². The third-order valence-electron chi connectivity index (χ3n) is 4.11. The molecule has 0 aromatic heterocycles. The van der Waals surface area contributed by atoms with Gasteiger partial charge in [-0.15, -0.1) is 0 Å². The van der Waals surface area contributed by atoms with Gasteiger partial charge in [-0.05, 0) is 67.1 Å². The Kier molecular flexibility index (Phi) is 7.75. The molecule has 0 aliphatic rings. The van der Waals surface area contributed by atoms with Crippen molar-refractivity contribution in [2.24, 2.45) is 5.10 Å². The molecule has 0 saturated heterocycles. The predicted octanol–water partition coefficient (Wildman–Crippen LogP) is 4.72. The molecule has 0 radical (unpaired) electrons. The Balaban J connectivity index is 1.66. The minimum absolute atomic E-state index is 0.218. The maximum Gasteiger partial charge on any atom is 0.343 e. The van der Waals surface area contributed by atoms with E-state index in [0.29, 0.717) is 26.3 Å². The molecule has 0 heterocycles. The highest BCUT2D eigenvalue weighted by molar-refractivity contribution is 9.10. The first-order valence-corrected chi connectivity index (χ1v) is 10.5. The van der Waals surface area contributed by atoms with Crippen LogP contribution in [-0.4, -0.2) is 24.0 Å². The molecule has 3 aromatic rings. The summed E-state index contributed by atoms with van der Waals surface area (Å²) in [6.45, 7) is 1.87. The number of anilines is 1. The number of nitrogens with one attached hydrogen (secondary N) is 2. The van der Waals surface area contributed by atoms with Gasteiger partial charge in [-0.25, -0.2) is 10.2 Å². The summed E-state index contributed by atoms with van der Waals surface area (Å²) in [4.78, 5) is 36.4. The number of esters is 1. The number of ether oxygens (including phenoxy) is 1. The van der Waals surface area contributed by atoms with Crippen LogP contribution in [0.3, 0.4) is 0 Å². The molecule has 2 amide bonds. The summed E-state index contributed by atoms with van der Waals surface area (Å²) >= 11 is 9.17. The van der Waals surface area contributed by atoms with E-state index >= 15 is 0 Å². The number of carbonyl (C=O) groups excluding carboxylic acids is 3. The second-order valence-corrected chi connectivity index (χ2v) is 7.95. The van der Waals surface area contributed by atoms with E-state index in [-0.39, 0.29) is 5.75 Å². The van der Waals surface area contributed by atoms with Crippen molar-refractivity contribution in [2.75, 3.05) is 5.32 Å².